The first-order chi connectivity index (χ1) is 9.20. The van der Waals surface area contributed by atoms with Crippen LogP contribution in [-0.2, 0) is 14.4 Å². The van der Waals surface area contributed by atoms with Gasteiger partial charge in [0.2, 0.25) is 0 Å². The van der Waals surface area contributed by atoms with Gasteiger partial charge in [-0.2, -0.15) is 0 Å². The van der Waals surface area contributed by atoms with Gasteiger partial charge in [-0.25, -0.2) is 0 Å². The zero-order chi connectivity index (χ0) is 14.1. The molecule has 0 aromatic heterocycles. The Labute approximate surface area is 122 Å². The van der Waals surface area contributed by atoms with E-state index in [2.05, 4.69) is 68.9 Å². The van der Waals surface area contributed by atoms with Crippen LogP contribution < -0.4 is 0 Å². The molecule has 0 aliphatic rings. The standard InChI is InChI=1S/C11H9Br.C2H5B2O3/c1-8-6-7-11(12)10-5-3-2-4-9(8)10;1-3-7-6-2-4-5/h2-7H,1H3;2H2,1H3. The molecular formula is C13H14B2BrO3. The van der Waals surface area contributed by atoms with Crippen molar-refractivity contribution in [2.24, 2.45) is 0 Å². The van der Waals surface area contributed by atoms with Crippen LogP contribution in [0, 0.1) is 6.92 Å². The molecule has 0 bridgehead atoms. The maximum atomic E-state index is 9.46. The van der Waals surface area contributed by atoms with Crippen molar-refractivity contribution in [2.75, 3.05) is 6.51 Å². The van der Waals surface area contributed by atoms with Gasteiger partial charge in [-0.1, -0.05) is 46.3 Å². The van der Waals surface area contributed by atoms with E-state index in [9.17, 15) is 4.70 Å². The van der Waals surface area contributed by atoms with Crippen LogP contribution in [0.15, 0.2) is 40.9 Å². The number of aryl methyl sites for hydroxylation is 1. The average molecular weight is 320 g/mol. The molecule has 0 fully saturated rings. The zero-order valence-electron chi connectivity index (χ0n) is 10.9. The summed E-state index contributed by atoms with van der Waals surface area (Å²) in [7, 11) is 1.97. The largest absolute Gasteiger partial charge is 0.0616 e. The molecule has 0 aliphatic heterocycles. The zero-order valence-corrected chi connectivity index (χ0v) is 12.5. The van der Waals surface area contributed by atoms with Crippen molar-refractivity contribution in [3.05, 3.63) is 46.4 Å². The summed E-state index contributed by atoms with van der Waals surface area (Å²) in [6.07, 6.45) is 0. The van der Waals surface area contributed by atoms with Crippen molar-refractivity contribution in [1.29, 1.82) is 0 Å². The summed E-state index contributed by atoms with van der Waals surface area (Å²) >= 11 is 3.53. The van der Waals surface area contributed by atoms with E-state index in [4.69, 9.17) is 0 Å². The molecule has 1 radical (unpaired) electrons. The van der Waals surface area contributed by atoms with Crippen LogP contribution in [0.5, 0.6) is 0 Å². The topological polar surface area (TPSA) is 35.5 Å². The minimum absolute atomic E-state index is 0.00958. The van der Waals surface area contributed by atoms with E-state index in [1.807, 2.05) is 0 Å². The second-order valence-corrected chi connectivity index (χ2v) is 4.55. The third kappa shape index (κ3) is 5.27. The fraction of sp³-hybridized carbons (Fsp3) is 0.231. The third-order valence-corrected chi connectivity index (χ3v) is 3.08. The molecule has 0 atom stereocenters. The molecule has 0 spiro atoms. The molecule has 2 aromatic carbocycles. The van der Waals surface area contributed by atoms with Gasteiger partial charge in [0, 0.05) is 4.47 Å². The molecule has 2 rings (SSSR count). The number of fused-ring (bicyclic) bond motifs is 1. The molecule has 0 saturated heterocycles. The van der Waals surface area contributed by atoms with E-state index in [0.717, 1.165) is 0 Å². The van der Waals surface area contributed by atoms with Crippen LogP contribution in [0.3, 0.4) is 0 Å². The first-order valence-corrected chi connectivity index (χ1v) is 6.63. The Morgan fingerprint density at radius 1 is 1.16 bits per heavy atom. The second kappa shape index (κ2) is 9.02. The van der Waals surface area contributed by atoms with Crippen LogP contribution in [0.25, 0.3) is 10.8 Å². The number of hydrogen-bond donors (Lipinski definition) is 0. The Bertz CT molecular complexity index is 494. The van der Waals surface area contributed by atoms with E-state index in [1.165, 1.54) is 28.3 Å². The molecule has 19 heavy (non-hydrogen) atoms. The Morgan fingerprint density at radius 3 is 2.42 bits per heavy atom. The van der Waals surface area contributed by atoms with Gasteiger partial charge < -0.3 is 0 Å². The van der Waals surface area contributed by atoms with Crippen molar-refractivity contribution in [3.63, 3.8) is 0 Å². The average Bonchev–Trinajstić information content (AvgIpc) is 2.45. The normalized spacial score (nSPS) is 9.42. The van der Waals surface area contributed by atoms with Crippen molar-refractivity contribution in [3.8, 4) is 0 Å². The summed E-state index contributed by atoms with van der Waals surface area (Å²) in [4.78, 5) is 8.43. The predicted molar refractivity (Wildman–Crippen MR) is 81.5 cm³/mol. The fourth-order valence-electron chi connectivity index (χ4n) is 1.55. The van der Waals surface area contributed by atoms with Crippen LogP contribution in [0.1, 0.15) is 5.56 Å². The minimum atomic E-state index is -0.00958. The summed E-state index contributed by atoms with van der Waals surface area (Å²) in [5.74, 6) is 0. The van der Waals surface area contributed by atoms with Crippen molar-refractivity contribution in [1.82, 2.24) is 0 Å². The number of rotatable bonds is 4. The Kier molecular flexibility index (Phi) is 7.63. The quantitative estimate of drug-likeness (QED) is 0.374. The Hall–Kier alpha value is -0.970. The molecular weight excluding hydrogens is 306 g/mol. The van der Waals surface area contributed by atoms with Gasteiger partial charge in [0.15, 0.2) is 0 Å². The summed E-state index contributed by atoms with van der Waals surface area (Å²) < 4.78 is 10.6. The van der Waals surface area contributed by atoms with Gasteiger partial charge in [0.25, 0.3) is 0 Å². The molecule has 0 aliphatic carbocycles. The smallest absolute Gasteiger partial charge is 0.0253 e. The molecule has 0 N–H and O–H groups in total. The van der Waals surface area contributed by atoms with Gasteiger partial charge in [-0.05, 0) is 29.3 Å². The molecule has 0 heterocycles. The summed E-state index contributed by atoms with van der Waals surface area (Å²) in [6.45, 7) is 3.78. The van der Waals surface area contributed by atoms with Crippen LogP contribution in [0.4, 0.5) is 0 Å². The van der Waals surface area contributed by atoms with Crippen LogP contribution >= 0.6 is 15.9 Å². The monoisotopic (exact) mass is 319 g/mol. The predicted octanol–water partition coefficient (Wildman–Crippen LogP) is 3.52. The van der Waals surface area contributed by atoms with Crippen molar-refractivity contribution >= 4 is 41.3 Å². The molecule has 97 valence electrons. The first-order valence-electron chi connectivity index (χ1n) is 5.84. The molecule has 6 heteroatoms. The molecule has 3 nitrogen and oxygen atoms in total. The fourth-order valence-corrected chi connectivity index (χ4v) is 2.03. The van der Waals surface area contributed by atoms with E-state index in [-0.39, 0.29) is 6.51 Å². The third-order valence-electron chi connectivity index (χ3n) is 2.39. The van der Waals surface area contributed by atoms with Gasteiger partial charge >= 0.3 is 42.4 Å². The Morgan fingerprint density at radius 2 is 1.84 bits per heavy atom. The van der Waals surface area contributed by atoms with Crippen molar-refractivity contribution < 1.29 is 14.4 Å². The second-order valence-electron chi connectivity index (χ2n) is 3.69. The maximum Gasteiger partial charge on any atom is 0.0253 e. The van der Waals surface area contributed by atoms with Gasteiger partial charge in [0.1, 0.15) is 0 Å². The Balaban J connectivity index is 0.000000224. The van der Waals surface area contributed by atoms with Crippen LogP contribution in [-0.4, -0.2) is 21.1 Å². The van der Waals surface area contributed by atoms with E-state index in [1.54, 1.807) is 6.82 Å². The van der Waals surface area contributed by atoms with Gasteiger partial charge in [-0.15, -0.1) is 0 Å². The number of halogens is 1. The maximum absolute atomic E-state index is 9.46. The summed E-state index contributed by atoms with van der Waals surface area (Å²) in [5.41, 5.74) is 1.33. The molecule has 0 amide bonds. The van der Waals surface area contributed by atoms with Gasteiger partial charge in [0.05, 0.1) is 0 Å². The first kappa shape index (κ1) is 16.1. The van der Waals surface area contributed by atoms with Crippen LogP contribution in [0.2, 0.25) is 6.82 Å². The van der Waals surface area contributed by atoms with E-state index < -0.39 is 0 Å². The number of benzene rings is 2. The van der Waals surface area contributed by atoms with Crippen molar-refractivity contribution in [2.45, 2.75) is 13.7 Å². The van der Waals surface area contributed by atoms with E-state index >= 15 is 0 Å². The number of hydrogen-bond acceptors (Lipinski definition) is 3. The molecule has 2 aromatic rings. The minimum Gasteiger partial charge on any atom is -0.0616 e. The van der Waals surface area contributed by atoms with Gasteiger partial charge in [-0.3, -0.25) is 0 Å². The summed E-state index contributed by atoms with van der Waals surface area (Å²) in [6, 6.07) is 12.6. The molecule has 0 unspecified atom stereocenters. The summed E-state index contributed by atoms with van der Waals surface area (Å²) in [5, 5.41) is 2.62. The SMILES string of the molecule is C[B]OOCB=O.Cc1ccc(Br)c2ccccc12. The molecule has 0 saturated carbocycles. The van der Waals surface area contributed by atoms with E-state index in [0.29, 0.717) is 7.15 Å².